The zero-order chi connectivity index (χ0) is 24.0. The third kappa shape index (κ3) is 6.38. The molecule has 0 aliphatic heterocycles. The van der Waals surface area contributed by atoms with Crippen LogP contribution in [0.5, 0.6) is 0 Å². The second kappa shape index (κ2) is 11.5. The Morgan fingerprint density at radius 2 is 1.61 bits per heavy atom. The van der Waals surface area contributed by atoms with E-state index in [1.165, 1.54) is 23.8 Å². The summed E-state index contributed by atoms with van der Waals surface area (Å²) in [5.74, 6) is 0.219. The van der Waals surface area contributed by atoms with Crippen LogP contribution in [0.2, 0.25) is 10.0 Å². The van der Waals surface area contributed by atoms with Crippen LogP contribution in [-0.2, 0) is 29.4 Å². The molecule has 0 atom stereocenters. The minimum Gasteiger partial charge on any atom is -0.388 e. The fourth-order valence-corrected chi connectivity index (χ4v) is 6.39. The van der Waals surface area contributed by atoms with E-state index < -0.39 is 9.84 Å². The molecule has 0 saturated heterocycles. The Hall–Kier alpha value is -1.86. The number of nitrogens with zero attached hydrogens (tertiary/aromatic N) is 2. The molecule has 0 aliphatic carbocycles. The molecule has 0 saturated carbocycles. The lowest BCUT2D eigenvalue weighted by molar-refractivity contribution is 0.262. The highest BCUT2D eigenvalue weighted by molar-refractivity contribution is 7.91. The number of aliphatic hydroxyl groups is 1. The zero-order valence-corrected chi connectivity index (χ0v) is 21.3. The fourth-order valence-electron chi connectivity index (χ4n) is 3.91. The summed E-state index contributed by atoms with van der Waals surface area (Å²) in [5.41, 5.74) is 1.77. The van der Waals surface area contributed by atoms with Gasteiger partial charge in [0.1, 0.15) is 12.4 Å². The average Bonchev–Trinajstić information content (AvgIpc) is 3.16. The van der Waals surface area contributed by atoms with Gasteiger partial charge in [0, 0.05) is 16.6 Å². The van der Waals surface area contributed by atoms with Gasteiger partial charge in [0.2, 0.25) is 9.84 Å². The molecule has 0 spiro atoms. The Kier molecular flexibility index (Phi) is 8.99. The number of aliphatic hydroxyl groups excluding tert-OH is 1. The van der Waals surface area contributed by atoms with Crippen molar-refractivity contribution in [1.82, 2.24) is 9.55 Å². The second-order valence-electron chi connectivity index (χ2n) is 8.44. The maximum absolute atomic E-state index is 13.6. The summed E-state index contributed by atoms with van der Waals surface area (Å²) in [6.45, 7) is 3.91. The van der Waals surface area contributed by atoms with Crippen LogP contribution in [0.4, 0.5) is 0 Å². The van der Waals surface area contributed by atoms with Crippen LogP contribution in [0, 0.1) is 0 Å². The summed E-state index contributed by atoms with van der Waals surface area (Å²) in [4.78, 5) is 4.51. The lowest BCUT2D eigenvalue weighted by Crippen LogP contribution is -2.15. The van der Waals surface area contributed by atoms with Crippen LogP contribution in [0.15, 0.2) is 58.5 Å². The minimum atomic E-state index is -3.94. The lowest BCUT2D eigenvalue weighted by Gasteiger charge is -2.14. The third-order valence-electron chi connectivity index (χ3n) is 5.55. The van der Waals surface area contributed by atoms with Gasteiger partial charge in [-0.05, 0) is 48.9 Å². The summed E-state index contributed by atoms with van der Waals surface area (Å²) in [6.07, 6.45) is 4.88. The van der Waals surface area contributed by atoms with Gasteiger partial charge in [-0.1, -0.05) is 80.2 Å². The van der Waals surface area contributed by atoms with E-state index in [4.69, 9.17) is 23.2 Å². The van der Waals surface area contributed by atoms with Gasteiger partial charge in [0.25, 0.3) is 0 Å². The molecule has 1 N–H and O–H groups in total. The minimum absolute atomic E-state index is 0.0235. The molecule has 0 bridgehead atoms. The molecule has 0 radical (unpaired) electrons. The SMILES string of the molecule is CC(C)c1nc(CO)n(CCCCCCc2ccccc2)c1S(=O)(=O)c1cc(Cl)cc(Cl)c1. The molecule has 0 unspecified atom stereocenters. The zero-order valence-electron chi connectivity index (χ0n) is 19.0. The van der Waals surface area contributed by atoms with Crippen molar-refractivity contribution in [3.63, 3.8) is 0 Å². The van der Waals surface area contributed by atoms with Gasteiger partial charge in [-0.2, -0.15) is 0 Å². The van der Waals surface area contributed by atoms with Crippen molar-refractivity contribution in [2.45, 2.75) is 74.9 Å². The molecule has 0 aliphatic rings. The van der Waals surface area contributed by atoms with Crippen LogP contribution in [0.1, 0.15) is 62.5 Å². The first-order valence-electron chi connectivity index (χ1n) is 11.2. The fraction of sp³-hybridized carbons (Fsp3) is 0.400. The van der Waals surface area contributed by atoms with Crippen LogP contribution in [0.25, 0.3) is 0 Å². The van der Waals surface area contributed by atoms with Crippen molar-refractivity contribution in [1.29, 1.82) is 0 Å². The van der Waals surface area contributed by atoms with Crippen molar-refractivity contribution in [2.24, 2.45) is 0 Å². The van der Waals surface area contributed by atoms with E-state index in [9.17, 15) is 13.5 Å². The highest BCUT2D eigenvalue weighted by atomic mass is 35.5. The van der Waals surface area contributed by atoms with Gasteiger partial charge >= 0.3 is 0 Å². The molecule has 1 heterocycles. The Bertz CT molecular complexity index is 1160. The number of hydrogen-bond acceptors (Lipinski definition) is 4. The summed E-state index contributed by atoms with van der Waals surface area (Å²) in [7, 11) is -3.94. The molecule has 0 fully saturated rings. The number of imidazole rings is 1. The molecule has 2 aromatic carbocycles. The van der Waals surface area contributed by atoms with Crippen LogP contribution >= 0.6 is 23.2 Å². The highest BCUT2D eigenvalue weighted by Gasteiger charge is 2.31. The van der Waals surface area contributed by atoms with E-state index in [-0.39, 0.29) is 32.5 Å². The summed E-state index contributed by atoms with van der Waals surface area (Å²) < 4.78 is 28.9. The molecule has 3 rings (SSSR count). The Morgan fingerprint density at radius 1 is 0.970 bits per heavy atom. The summed E-state index contributed by atoms with van der Waals surface area (Å²) in [5, 5.41) is 10.5. The largest absolute Gasteiger partial charge is 0.388 e. The molecule has 1 aromatic heterocycles. The number of halogens is 2. The second-order valence-corrected chi connectivity index (χ2v) is 11.2. The molecule has 0 amide bonds. The number of hydrogen-bond donors (Lipinski definition) is 1. The monoisotopic (exact) mass is 508 g/mol. The smallest absolute Gasteiger partial charge is 0.224 e. The average molecular weight is 509 g/mol. The van der Waals surface area contributed by atoms with Crippen molar-refractivity contribution in [2.75, 3.05) is 0 Å². The topological polar surface area (TPSA) is 72.2 Å². The molecule has 5 nitrogen and oxygen atoms in total. The predicted molar refractivity (Wildman–Crippen MR) is 133 cm³/mol. The third-order valence-corrected chi connectivity index (χ3v) is 7.79. The van der Waals surface area contributed by atoms with E-state index in [0.29, 0.717) is 18.1 Å². The number of sulfone groups is 1. The van der Waals surface area contributed by atoms with Gasteiger partial charge < -0.3 is 9.67 Å². The van der Waals surface area contributed by atoms with Crippen molar-refractivity contribution in [3.05, 3.63) is 75.7 Å². The molecule has 33 heavy (non-hydrogen) atoms. The quantitative estimate of drug-likeness (QED) is 0.302. The number of aryl methyl sites for hydroxylation is 1. The molecular formula is C25H30Cl2N2O3S. The van der Waals surface area contributed by atoms with Crippen molar-refractivity contribution in [3.8, 4) is 0 Å². The Morgan fingerprint density at radius 3 is 2.21 bits per heavy atom. The van der Waals surface area contributed by atoms with E-state index >= 15 is 0 Å². The molecule has 8 heteroatoms. The van der Waals surface area contributed by atoms with Crippen molar-refractivity contribution < 1.29 is 13.5 Å². The standard InChI is InChI=1S/C25H30Cl2N2O3S/c1-18(2)24-25(33(31,32)22-15-20(26)14-21(27)16-22)29(23(17-30)28-24)13-9-4-3-6-10-19-11-7-5-8-12-19/h5,7-8,11-12,14-16,18,30H,3-4,6,9-10,13,17H2,1-2H3. The van der Waals surface area contributed by atoms with Crippen LogP contribution in [0.3, 0.4) is 0 Å². The van der Waals surface area contributed by atoms with Crippen LogP contribution in [-0.4, -0.2) is 23.1 Å². The van der Waals surface area contributed by atoms with E-state index in [1.807, 2.05) is 32.0 Å². The van der Waals surface area contributed by atoms with Gasteiger partial charge in [-0.25, -0.2) is 13.4 Å². The van der Waals surface area contributed by atoms with E-state index in [1.54, 1.807) is 4.57 Å². The maximum Gasteiger partial charge on any atom is 0.224 e. The number of rotatable bonds is 11. The van der Waals surface area contributed by atoms with Gasteiger partial charge in [-0.15, -0.1) is 0 Å². The first-order chi connectivity index (χ1) is 15.7. The van der Waals surface area contributed by atoms with Crippen molar-refractivity contribution >= 4 is 33.0 Å². The normalized spacial score (nSPS) is 11.9. The molecule has 178 valence electrons. The highest BCUT2D eigenvalue weighted by Crippen LogP contribution is 2.33. The summed E-state index contributed by atoms with van der Waals surface area (Å²) in [6, 6.07) is 14.7. The summed E-state index contributed by atoms with van der Waals surface area (Å²) >= 11 is 12.2. The number of benzene rings is 2. The van der Waals surface area contributed by atoms with Gasteiger partial charge in [0.05, 0.1) is 10.6 Å². The van der Waals surface area contributed by atoms with Gasteiger partial charge in [0.15, 0.2) is 5.03 Å². The molecular weight excluding hydrogens is 479 g/mol. The van der Waals surface area contributed by atoms with E-state index in [0.717, 1.165) is 32.1 Å². The predicted octanol–water partition coefficient (Wildman–Crippen LogP) is 6.44. The van der Waals surface area contributed by atoms with E-state index in [2.05, 4.69) is 17.1 Å². The lowest BCUT2D eigenvalue weighted by atomic mass is 10.1. The number of unbranched alkanes of at least 4 members (excludes halogenated alkanes) is 3. The van der Waals surface area contributed by atoms with Crippen LogP contribution < -0.4 is 0 Å². The molecule has 3 aromatic rings. The number of aromatic nitrogens is 2. The Balaban J connectivity index is 1.81. The Labute approximate surface area is 206 Å². The maximum atomic E-state index is 13.6. The first kappa shape index (κ1) is 25.8. The van der Waals surface area contributed by atoms with Gasteiger partial charge in [-0.3, -0.25) is 0 Å². The first-order valence-corrected chi connectivity index (χ1v) is 13.4.